The summed E-state index contributed by atoms with van der Waals surface area (Å²) < 4.78 is 12.9. The molecule has 0 N–H and O–H groups in total. The van der Waals surface area contributed by atoms with Gasteiger partial charge in [-0.05, 0) is 84.0 Å². The van der Waals surface area contributed by atoms with Gasteiger partial charge in [0.15, 0.2) is 0 Å². The van der Waals surface area contributed by atoms with Gasteiger partial charge in [0.05, 0.1) is 0 Å². The zero-order chi connectivity index (χ0) is 30.1. The minimum atomic E-state index is 0.969. The first kappa shape index (κ1) is 30.8. The van der Waals surface area contributed by atoms with Crippen LogP contribution in [-0.4, -0.2) is 0 Å². The third-order valence-corrected chi connectivity index (χ3v) is 9.79. The van der Waals surface area contributed by atoms with Gasteiger partial charge in [-0.15, -0.1) is 0 Å². The Morgan fingerprint density at radius 3 is 1.14 bits per heavy atom. The van der Waals surface area contributed by atoms with Crippen molar-refractivity contribution < 1.29 is 8.83 Å². The predicted octanol–water partition coefficient (Wildman–Crippen LogP) is 14.0. The molecule has 0 saturated heterocycles. The Bertz CT molecular complexity index is 1670. The summed E-state index contributed by atoms with van der Waals surface area (Å²) in [5.74, 6) is 0. The third kappa shape index (κ3) is 7.33. The Balaban J connectivity index is 1.12. The zero-order valence-electron chi connectivity index (χ0n) is 27.3. The Morgan fingerprint density at radius 2 is 0.727 bits per heavy atom. The molecule has 0 aliphatic rings. The van der Waals surface area contributed by atoms with Crippen molar-refractivity contribution >= 4 is 54.6 Å². The fourth-order valence-corrected chi connectivity index (χ4v) is 7.12. The molecule has 0 fully saturated rings. The molecule has 6 rings (SSSR count). The largest absolute Gasteiger partial charge is 0.456 e. The van der Waals surface area contributed by atoms with E-state index < -0.39 is 0 Å². The van der Waals surface area contributed by atoms with Gasteiger partial charge in [-0.1, -0.05) is 128 Å². The van der Waals surface area contributed by atoms with Crippen molar-refractivity contribution in [3.63, 3.8) is 0 Å². The van der Waals surface area contributed by atoms with Crippen molar-refractivity contribution in [3.8, 4) is 0 Å². The normalized spacial score (nSPS) is 12.1. The van der Waals surface area contributed by atoms with E-state index in [1.54, 1.807) is 0 Å². The Morgan fingerprint density at radius 1 is 0.364 bits per heavy atom. The molecule has 2 heteroatoms. The van der Waals surface area contributed by atoms with E-state index in [9.17, 15) is 0 Å². The van der Waals surface area contributed by atoms with Crippen LogP contribution in [0.2, 0.25) is 0 Å². The first-order valence-electron chi connectivity index (χ1n) is 18.0. The van der Waals surface area contributed by atoms with Gasteiger partial charge < -0.3 is 8.83 Å². The molecule has 0 unspecified atom stereocenters. The van der Waals surface area contributed by atoms with Crippen LogP contribution in [0, 0.1) is 0 Å². The maximum atomic E-state index is 6.44. The van der Waals surface area contributed by atoms with E-state index in [1.807, 2.05) is 0 Å². The lowest BCUT2D eigenvalue weighted by Crippen LogP contribution is -1.86. The number of hydrogen-bond acceptors (Lipinski definition) is 2. The van der Waals surface area contributed by atoms with E-state index in [2.05, 4.69) is 74.5 Å². The topological polar surface area (TPSA) is 26.3 Å². The number of aryl methyl sites for hydroxylation is 2. The van der Waals surface area contributed by atoms with Crippen molar-refractivity contribution in [1.29, 1.82) is 0 Å². The number of furan rings is 2. The molecule has 232 valence electrons. The standard InChI is InChI=1S/C42H52O2/c1-3-5-7-9-11-13-15-17-19-31-21-23-35-37-27-33-30-42-38(28-34(33)29-41(37)43-39(35)25-31)36-24-22-32(26-40(36)44-42)20-18-16-14-12-10-8-6-4-2/h21-30H,3-20H2,1-2H3. The van der Waals surface area contributed by atoms with Gasteiger partial charge in [0.25, 0.3) is 0 Å². The Labute approximate surface area is 264 Å². The van der Waals surface area contributed by atoms with E-state index in [4.69, 9.17) is 8.83 Å². The molecule has 0 amide bonds. The molecule has 44 heavy (non-hydrogen) atoms. The molecule has 0 aliphatic carbocycles. The quantitative estimate of drug-likeness (QED) is 0.0933. The predicted molar refractivity (Wildman–Crippen MR) is 191 cm³/mol. The number of fused-ring (bicyclic) bond motifs is 7. The van der Waals surface area contributed by atoms with E-state index in [1.165, 1.54) is 146 Å². The second-order valence-corrected chi connectivity index (χ2v) is 13.4. The van der Waals surface area contributed by atoms with Crippen LogP contribution >= 0.6 is 0 Å². The van der Waals surface area contributed by atoms with Crippen molar-refractivity contribution in [3.05, 3.63) is 71.8 Å². The van der Waals surface area contributed by atoms with Crippen molar-refractivity contribution in [2.24, 2.45) is 0 Å². The zero-order valence-corrected chi connectivity index (χ0v) is 27.3. The molecule has 0 atom stereocenters. The molecular formula is C42H52O2. The summed E-state index contributed by atoms with van der Waals surface area (Å²) in [7, 11) is 0. The highest BCUT2D eigenvalue weighted by Crippen LogP contribution is 2.37. The van der Waals surface area contributed by atoms with Crippen LogP contribution in [0.1, 0.15) is 128 Å². The SMILES string of the molecule is CCCCCCCCCCc1ccc2c(c1)oc1cc3cc4c(cc3cc12)oc1cc(CCCCCCCCCC)ccc14. The van der Waals surface area contributed by atoms with Gasteiger partial charge in [-0.3, -0.25) is 0 Å². The Hall–Kier alpha value is -3.26. The number of rotatable bonds is 18. The highest BCUT2D eigenvalue weighted by molar-refractivity contribution is 6.15. The minimum Gasteiger partial charge on any atom is -0.456 e. The van der Waals surface area contributed by atoms with Crippen molar-refractivity contribution in [2.45, 2.75) is 129 Å². The summed E-state index contributed by atoms with van der Waals surface area (Å²) in [6.45, 7) is 4.57. The smallest absolute Gasteiger partial charge is 0.136 e. The maximum absolute atomic E-state index is 6.44. The first-order chi connectivity index (χ1) is 21.7. The molecule has 2 aromatic heterocycles. The van der Waals surface area contributed by atoms with E-state index in [0.29, 0.717) is 0 Å². The van der Waals surface area contributed by atoms with Gasteiger partial charge in [0, 0.05) is 21.5 Å². The summed E-state index contributed by atoms with van der Waals surface area (Å²) >= 11 is 0. The molecule has 0 radical (unpaired) electrons. The Kier molecular flexibility index (Phi) is 10.6. The van der Waals surface area contributed by atoms with Crippen LogP contribution in [0.25, 0.3) is 54.6 Å². The minimum absolute atomic E-state index is 0.969. The van der Waals surface area contributed by atoms with Crippen LogP contribution in [0.3, 0.4) is 0 Å². The molecule has 0 saturated carbocycles. The average Bonchev–Trinajstić information content (AvgIpc) is 3.57. The van der Waals surface area contributed by atoms with Crippen LogP contribution in [0.5, 0.6) is 0 Å². The van der Waals surface area contributed by atoms with Crippen LogP contribution < -0.4 is 0 Å². The van der Waals surface area contributed by atoms with Gasteiger partial charge in [0.2, 0.25) is 0 Å². The molecule has 0 aliphatic heterocycles. The van der Waals surface area contributed by atoms with Crippen molar-refractivity contribution in [2.75, 3.05) is 0 Å². The maximum Gasteiger partial charge on any atom is 0.136 e. The summed E-state index contributed by atoms with van der Waals surface area (Å²) in [5.41, 5.74) is 6.72. The lowest BCUT2D eigenvalue weighted by molar-refractivity contribution is 0.575. The lowest BCUT2D eigenvalue weighted by atomic mass is 10.0. The average molecular weight is 589 g/mol. The molecule has 2 nitrogen and oxygen atoms in total. The highest BCUT2D eigenvalue weighted by Gasteiger charge is 2.13. The fourth-order valence-electron chi connectivity index (χ4n) is 7.12. The summed E-state index contributed by atoms with van der Waals surface area (Å²) in [6.07, 6.45) is 24.0. The molecule has 0 bridgehead atoms. The van der Waals surface area contributed by atoms with Gasteiger partial charge >= 0.3 is 0 Å². The van der Waals surface area contributed by atoms with Gasteiger partial charge in [-0.25, -0.2) is 0 Å². The molecule has 4 aromatic carbocycles. The molecule has 2 heterocycles. The van der Waals surface area contributed by atoms with Gasteiger partial charge in [-0.2, -0.15) is 0 Å². The first-order valence-corrected chi connectivity index (χ1v) is 18.0. The second-order valence-electron chi connectivity index (χ2n) is 13.4. The van der Waals surface area contributed by atoms with Crippen molar-refractivity contribution in [1.82, 2.24) is 0 Å². The summed E-state index contributed by atoms with van der Waals surface area (Å²) in [6, 6.07) is 22.7. The third-order valence-electron chi connectivity index (χ3n) is 9.79. The summed E-state index contributed by atoms with van der Waals surface area (Å²) in [4.78, 5) is 0. The van der Waals surface area contributed by atoms with E-state index in [-0.39, 0.29) is 0 Å². The number of unbranched alkanes of at least 4 members (excludes halogenated alkanes) is 14. The van der Waals surface area contributed by atoms with Crippen LogP contribution in [0.4, 0.5) is 0 Å². The van der Waals surface area contributed by atoms with Crippen LogP contribution in [0.15, 0.2) is 69.5 Å². The van der Waals surface area contributed by atoms with Crippen LogP contribution in [-0.2, 0) is 12.8 Å². The molecule has 0 spiro atoms. The second kappa shape index (κ2) is 15.2. The summed E-state index contributed by atoms with van der Waals surface area (Å²) in [5, 5.41) is 7.19. The monoisotopic (exact) mass is 588 g/mol. The molecule has 6 aromatic rings. The van der Waals surface area contributed by atoms with Gasteiger partial charge in [0.1, 0.15) is 22.3 Å². The number of hydrogen-bond donors (Lipinski definition) is 0. The van der Waals surface area contributed by atoms with E-state index >= 15 is 0 Å². The lowest BCUT2D eigenvalue weighted by Gasteiger charge is -2.03. The highest BCUT2D eigenvalue weighted by atomic mass is 16.3. The van der Waals surface area contributed by atoms with E-state index in [0.717, 1.165) is 35.2 Å². The fraction of sp³-hybridized carbons (Fsp3) is 0.476. The molecular weight excluding hydrogens is 536 g/mol. The number of benzene rings is 4.